The number of anilines is 1. The number of urea groups is 1. The van der Waals surface area contributed by atoms with Crippen LogP contribution in [0.2, 0.25) is 5.02 Å². The van der Waals surface area contributed by atoms with Crippen molar-refractivity contribution in [3.63, 3.8) is 0 Å². The Balaban J connectivity index is 1.95. The third-order valence-corrected chi connectivity index (χ3v) is 3.61. The van der Waals surface area contributed by atoms with Crippen LogP contribution in [0.1, 0.15) is 18.1 Å². The van der Waals surface area contributed by atoms with E-state index in [4.69, 9.17) is 11.6 Å². The molecule has 3 N–H and O–H groups in total. The van der Waals surface area contributed by atoms with Gasteiger partial charge in [0.2, 0.25) is 0 Å². The van der Waals surface area contributed by atoms with Crippen LogP contribution in [0.5, 0.6) is 0 Å². The topological polar surface area (TPSA) is 79.2 Å². The average molecular weight is 323 g/mol. The summed E-state index contributed by atoms with van der Waals surface area (Å²) >= 11 is 6.06. The van der Waals surface area contributed by atoms with Gasteiger partial charge in [-0.25, -0.2) is 4.79 Å². The van der Waals surface area contributed by atoms with Crippen LogP contribution < -0.4 is 10.6 Å². The first-order valence-electron chi connectivity index (χ1n) is 6.80. The quantitative estimate of drug-likeness (QED) is 0.808. The van der Waals surface area contributed by atoms with Gasteiger partial charge in [0.15, 0.2) is 0 Å². The first kappa shape index (κ1) is 16.3. The zero-order valence-corrected chi connectivity index (χ0v) is 13.5. The number of halogens is 1. The van der Waals surface area contributed by atoms with Gasteiger partial charge in [0.25, 0.3) is 0 Å². The predicted molar refractivity (Wildman–Crippen MR) is 86.0 cm³/mol. The standard InChI is InChI=1S/C15H19ClN4O2/c1-10-4-5-13(12(16)6-10)19-14(21)17-9-15(2,22)11-7-18-20(3)8-11/h4-8,22H,9H2,1-3H3,(H2,17,19,21). The van der Waals surface area contributed by atoms with Crippen molar-refractivity contribution in [2.24, 2.45) is 7.05 Å². The first-order valence-corrected chi connectivity index (χ1v) is 7.18. The van der Waals surface area contributed by atoms with Gasteiger partial charge in [0.1, 0.15) is 5.60 Å². The monoisotopic (exact) mass is 322 g/mol. The molecule has 0 aliphatic heterocycles. The molecule has 1 unspecified atom stereocenters. The molecule has 0 fully saturated rings. The molecule has 0 radical (unpaired) electrons. The van der Waals surface area contributed by atoms with Crippen LogP contribution in [0.3, 0.4) is 0 Å². The summed E-state index contributed by atoms with van der Waals surface area (Å²) in [5, 5.41) is 20.1. The van der Waals surface area contributed by atoms with E-state index >= 15 is 0 Å². The van der Waals surface area contributed by atoms with Crippen molar-refractivity contribution in [1.82, 2.24) is 15.1 Å². The van der Waals surface area contributed by atoms with Crippen molar-refractivity contribution in [3.05, 3.63) is 46.7 Å². The molecule has 6 nitrogen and oxygen atoms in total. The van der Waals surface area contributed by atoms with Gasteiger partial charge in [-0.05, 0) is 31.5 Å². The maximum Gasteiger partial charge on any atom is 0.319 e. The minimum absolute atomic E-state index is 0.0496. The Morgan fingerprint density at radius 1 is 1.50 bits per heavy atom. The molecule has 22 heavy (non-hydrogen) atoms. The van der Waals surface area contributed by atoms with Gasteiger partial charge in [-0.2, -0.15) is 5.10 Å². The molecule has 1 heterocycles. The Hall–Kier alpha value is -2.05. The lowest BCUT2D eigenvalue weighted by Crippen LogP contribution is -2.40. The number of hydrogen-bond acceptors (Lipinski definition) is 3. The summed E-state index contributed by atoms with van der Waals surface area (Å²) in [6.07, 6.45) is 3.27. The van der Waals surface area contributed by atoms with E-state index in [1.807, 2.05) is 13.0 Å². The predicted octanol–water partition coefficient (Wildman–Crippen LogP) is 2.41. The third kappa shape index (κ3) is 3.99. The minimum atomic E-state index is -1.21. The first-order chi connectivity index (χ1) is 10.3. The summed E-state index contributed by atoms with van der Waals surface area (Å²) in [7, 11) is 1.76. The van der Waals surface area contributed by atoms with Crippen LogP contribution in [0.25, 0.3) is 0 Å². The Bertz CT molecular complexity index is 682. The van der Waals surface area contributed by atoms with E-state index in [0.29, 0.717) is 16.3 Å². The summed E-state index contributed by atoms with van der Waals surface area (Å²) < 4.78 is 1.59. The lowest BCUT2D eigenvalue weighted by atomic mass is 10.00. The second-order valence-corrected chi connectivity index (χ2v) is 5.87. The van der Waals surface area contributed by atoms with Crippen molar-refractivity contribution in [2.45, 2.75) is 19.4 Å². The average Bonchev–Trinajstić information content (AvgIpc) is 2.87. The highest BCUT2D eigenvalue weighted by Gasteiger charge is 2.25. The molecule has 0 bridgehead atoms. The highest BCUT2D eigenvalue weighted by molar-refractivity contribution is 6.33. The van der Waals surface area contributed by atoms with E-state index in [1.54, 1.807) is 43.2 Å². The molecular formula is C15H19ClN4O2. The van der Waals surface area contributed by atoms with Crippen LogP contribution in [-0.4, -0.2) is 27.5 Å². The van der Waals surface area contributed by atoms with E-state index < -0.39 is 11.6 Å². The lowest BCUT2D eigenvalue weighted by Gasteiger charge is -2.22. The number of benzene rings is 1. The zero-order chi connectivity index (χ0) is 16.3. The molecule has 1 aromatic heterocycles. The summed E-state index contributed by atoms with van der Waals surface area (Å²) in [5.74, 6) is 0. The second kappa shape index (κ2) is 6.37. The van der Waals surface area contributed by atoms with Crippen LogP contribution in [0.15, 0.2) is 30.6 Å². The molecule has 0 aliphatic rings. The molecule has 118 valence electrons. The van der Waals surface area contributed by atoms with Gasteiger partial charge in [0.05, 0.1) is 23.5 Å². The van der Waals surface area contributed by atoms with Gasteiger partial charge in [-0.15, -0.1) is 0 Å². The molecule has 0 aliphatic carbocycles. The van der Waals surface area contributed by atoms with E-state index in [9.17, 15) is 9.90 Å². The number of carbonyl (C=O) groups is 1. The third-order valence-electron chi connectivity index (χ3n) is 3.29. The zero-order valence-electron chi connectivity index (χ0n) is 12.7. The number of hydrogen-bond donors (Lipinski definition) is 3. The molecule has 2 amide bonds. The highest BCUT2D eigenvalue weighted by atomic mass is 35.5. The van der Waals surface area contributed by atoms with Gasteiger partial charge < -0.3 is 15.7 Å². The normalized spacial score (nSPS) is 13.5. The number of rotatable bonds is 4. The number of aryl methyl sites for hydroxylation is 2. The Morgan fingerprint density at radius 3 is 2.82 bits per heavy atom. The van der Waals surface area contributed by atoms with Crippen molar-refractivity contribution in [1.29, 1.82) is 0 Å². The van der Waals surface area contributed by atoms with Gasteiger partial charge in [-0.3, -0.25) is 4.68 Å². The fraction of sp³-hybridized carbons (Fsp3) is 0.333. The van der Waals surface area contributed by atoms with Crippen molar-refractivity contribution >= 4 is 23.3 Å². The number of aromatic nitrogens is 2. The number of nitrogens with zero attached hydrogens (tertiary/aromatic N) is 2. The molecule has 2 rings (SSSR count). The lowest BCUT2D eigenvalue weighted by molar-refractivity contribution is 0.0599. The number of amides is 2. The molecule has 7 heteroatoms. The molecule has 1 aromatic carbocycles. The summed E-state index contributed by atoms with van der Waals surface area (Å²) in [6, 6.07) is 4.92. The molecule has 2 aromatic rings. The maximum atomic E-state index is 11.9. The second-order valence-electron chi connectivity index (χ2n) is 5.47. The largest absolute Gasteiger partial charge is 0.383 e. The molecule has 1 atom stereocenters. The van der Waals surface area contributed by atoms with E-state index in [0.717, 1.165) is 5.56 Å². The van der Waals surface area contributed by atoms with Crippen LogP contribution in [-0.2, 0) is 12.6 Å². The summed E-state index contributed by atoms with van der Waals surface area (Å²) in [5.41, 5.74) is 0.952. The van der Waals surface area contributed by atoms with Gasteiger partial charge in [-0.1, -0.05) is 17.7 Å². The maximum absolute atomic E-state index is 11.9. The Morgan fingerprint density at radius 2 is 2.23 bits per heavy atom. The Labute approximate surface area is 134 Å². The molecule has 0 saturated heterocycles. The number of carbonyl (C=O) groups excluding carboxylic acids is 1. The van der Waals surface area contributed by atoms with Crippen molar-refractivity contribution in [2.75, 3.05) is 11.9 Å². The Kier molecular flexibility index (Phi) is 4.73. The highest BCUT2D eigenvalue weighted by Crippen LogP contribution is 2.23. The molecule has 0 spiro atoms. The summed E-state index contributed by atoms with van der Waals surface area (Å²) in [4.78, 5) is 11.9. The van der Waals surface area contributed by atoms with E-state index in [-0.39, 0.29) is 6.54 Å². The smallest absolute Gasteiger partial charge is 0.319 e. The van der Waals surface area contributed by atoms with Crippen molar-refractivity contribution in [3.8, 4) is 0 Å². The van der Waals surface area contributed by atoms with E-state index in [1.165, 1.54) is 0 Å². The molecular weight excluding hydrogens is 304 g/mol. The minimum Gasteiger partial charge on any atom is -0.383 e. The number of nitrogens with one attached hydrogen (secondary N) is 2. The summed E-state index contributed by atoms with van der Waals surface area (Å²) in [6.45, 7) is 3.58. The van der Waals surface area contributed by atoms with E-state index in [2.05, 4.69) is 15.7 Å². The van der Waals surface area contributed by atoms with Gasteiger partial charge >= 0.3 is 6.03 Å². The fourth-order valence-electron chi connectivity index (χ4n) is 1.94. The molecule has 0 saturated carbocycles. The van der Waals surface area contributed by atoms with Crippen LogP contribution >= 0.6 is 11.6 Å². The fourth-order valence-corrected chi connectivity index (χ4v) is 2.22. The van der Waals surface area contributed by atoms with Crippen molar-refractivity contribution < 1.29 is 9.90 Å². The SMILES string of the molecule is Cc1ccc(NC(=O)NCC(C)(O)c2cnn(C)c2)c(Cl)c1. The van der Waals surface area contributed by atoms with Crippen LogP contribution in [0.4, 0.5) is 10.5 Å². The van der Waals surface area contributed by atoms with Gasteiger partial charge in [0, 0.05) is 18.8 Å². The number of aliphatic hydroxyl groups is 1. The van der Waals surface area contributed by atoms with Crippen LogP contribution in [0, 0.1) is 6.92 Å².